The summed E-state index contributed by atoms with van der Waals surface area (Å²) in [5, 5.41) is 14.5. The Labute approximate surface area is 120 Å². The number of carbonyl (C=O) groups is 2. The van der Waals surface area contributed by atoms with Crippen molar-refractivity contribution in [3.05, 3.63) is 48.0 Å². The Morgan fingerprint density at radius 2 is 1.95 bits per heavy atom. The molecule has 21 heavy (non-hydrogen) atoms. The molecule has 6 nitrogen and oxygen atoms in total. The average Bonchev–Trinajstić information content (AvgIpc) is 2.48. The summed E-state index contributed by atoms with van der Waals surface area (Å²) in [6.45, 7) is -0.0218. The molecule has 0 aromatic heterocycles. The number of phenolic OH excluding ortho intramolecular Hbond substituents is 1. The van der Waals surface area contributed by atoms with Crippen LogP contribution in [0.5, 0.6) is 11.5 Å². The monoisotopic (exact) mass is 284 g/mol. The van der Waals surface area contributed by atoms with Crippen molar-refractivity contribution in [3.8, 4) is 11.5 Å². The van der Waals surface area contributed by atoms with Crippen LogP contribution < -0.4 is 15.4 Å². The lowest BCUT2D eigenvalue weighted by Crippen LogP contribution is -2.25. The summed E-state index contributed by atoms with van der Waals surface area (Å²) in [5.41, 5.74) is 1.44. The van der Waals surface area contributed by atoms with Gasteiger partial charge in [0.25, 0.3) is 11.8 Å². The van der Waals surface area contributed by atoms with Gasteiger partial charge in [-0.3, -0.25) is 9.59 Å². The van der Waals surface area contributed by atoms with Gasteiger partial charge in [-0.25, -0.2) is 0 Å². The molecule has 1 aliphatic heterocycles. The van der Waals surface area contributed by atoms with E-state index in [1.165, 1.54) is 12.1 Å². The van der Waals surface area contributed by atoms with Crippen LogP contribution in [0.4, 0.5) is 11.4 Å². The van der Waals surface area contributed by atoms with Gasteiger partial charge in [-0.15, -0.1) is 0 Å². The third kappa shape index (κ3) is 2.79. The molecule has 0 saturated heterocycles. The number of ether oxygens (including phenoxy) is 1. The Hall–Kier alpha value is -3.02. The molecule has 0 saturated carbocycles. The highest BCUT2D eigenvalue weighted by molar-refractivity contribution is 6.06. The van der Waals surface area contributed by atoms with E-state index in [1.807, 2.05) is 0 Å². The zero-order valence-electron chi connectivity index (χ0n) is 10.9. The number of aromatic hydroxyl groups is 1. The van der Waals surface area contributed by atoms with Gasteiger partial charge in [0.2, 0.25) is 0 Å². The first-order valence-corrected chi connectivity index (χ1v) is 6.29. The van der Waals surface area contributed by atoms with Crippen LogP contribution >= 0.6 is 0 Å². The summed E-state index contributed by atoms with van der Waals surface area (Å²) in [6, 6.07) is 11.0. The maximum atomic E-state index is 12.1. The number of hydrogen-bond donors (Lipinski definition) is 3. The van der Waals surface area contributed by atoms with E-state index >= 15 is 0 Å². The van der Waals surface area contributed by atoms with E-state index in [4.69, 9.17) is 4.74 Å². The minimum Gasteiger partial charge on any atom is -0.508 e. The quantitative estimate of drug-likeness (QED) is 0.736. The van der Waals surface area contributed by atoms with Gasteiger partial charge in [0.05, 0.1) is 5.69 Å². The zero-order chi connectivity index (χ0) is 14.8. The molecule has 2 amide bonds. The number of nitrogens with one attached hydrogen (secondary N) is 2. The Bertz CT molecular complexity index is 710. The van der Waals surface area contributed by atoms with Crippen LogP contribution in [0, 0.1) is 0 Å². The lowest BCUT2D eigenvalue weighted by atomic mass is 10.1. The van der Waals surface area contributed by atoms with Crippen molar-refractivity contribution in [2.75, 3.05) is 17.2 Å². The Morgan fingerprint density at radius 3 is 2.71 bits per heavy atom. The molecular formula is C15H12N2O4. The van der Waals surface area contributed by atoms with E-state index in [0.717, 1.165) is 0 Å². The molecule has 0 radical (unpaired) electrons. The van der Waals surface area contributed by atoms with Crippen LogP contribution in [0.1, 0.15) is 10.4 Å². The SMILES string of the molecule is O=C1COc2ccc(C(=O)Nc3ccc(O)cc3)cc2N1. The molecule has 3 N–H and O–H groups in total. The standard InChI is InChI=1S/C15H12N2O4/c18-11-4-2-10(3-5-11)16-15(20)9-1-6-13-12(7-9)17-14(19)8-21-13/h1-7,18H,8H2,(H,16,20)(H,17,19). The summed E-state index contributed by atoms with van der Waals surface area (Å²) in [4.78, 5) is 23.4. The van der Waals surface area contributed by atoms with Crippen LogP contribution in [-0.2, 0) is 4.79 Å². The van der Waals surface area contributed by atoms with Gasteiger partial charge in [-0.1, -0.05) is 0 Å². The number of carbonyl (C=O) groups excluding carboxylic acids is 2. The molecule has 2 aromatic carbocycles. The molecule has 0 unspecified atom stereocenters. The second kappa shape index (κ2) is 5.16. The molecule has 106 valence electrons. The fourth-order valence-corrected chi connectivity index (χ4v) is 1.97. The number of amides is 2. The van der Waals surface area contributed by atoms with Crippen molar-refractivity contribution in [2.24, 2.45) is 0 Å². The van der Waals surface area contributed by atoms with Crippen molar-refractivity contribution in [1.82, 2.24) is 0 Å². The minimum atomic E-state index is -0.316. The highest BCUT2D eigenvalue weighted by Gasteiger charge is 2.17. The number of phenols is 1. The minimum absolute atomic E-state index is 0.0218. The van der Waals surface area contributed by atoms with Gasteiger partial charge in [0, 0.05) is 11.3 Å². The lowest BCUT2D eigenvalue weighted by Gasteiger charge is -2.18. The molecule has 0 atom stereocenters. The third-order valence-electron chi connectivity index (χ3n) is 3.00. The number of hydrogen-bond acceptors (Lipinski definition) is 4. The number of fused-ring (bicyclic) bond motifs is 1. The van der Waals surface area contributed by atoms with Gasteiger partial charge in [-0.2, -0.15) is 0 Å². The first-order chi connectivity index (χ1) is 10.1. The fourth-order valence-electron chi connectivity index (χ4n) is 1.97. The summed E-state index contributed by atoms with van der Waals surface area (Å²) < 4.78 is 5.23. The Kier molecular flexibility index (Phi) is 3.19. The van der Waals surface area contributed by atoms with Crippen LogP contribution in [0.25, 0.3) is 0 Å². The van der Waals surface area contributed by atoms with Crippen LogP contribution in [-0.4, -0.2) is 23.5 Å². The van der Waals surface area contributed by atoms with Crippen molar-refractivity contribution < 1.29 is 19.4 Å². The van der Waals surface area contributed by atoms with Crippen LogP contribution in [0.2, 0.25) is 0 Å². The zero-order valence-corrected chi connectivity index (χ0v) is 10.9. The molecule has 0 fully saturated rings. The molecule has 1 heterocycles. The van der Waals surface area contributed by atoms with E-state index in [-0.39, 0.29) is 24.2 Å². The first-order valence-electron chi connectivity index (χ1n) is 6.29. The topological polar surface area (TPSA) is 87.7 Å². The third-order valence-corrected chi connectivity index (χ3v) is 3.00. The predicted octanol–water partition coefficient (Wildman–Crippen LogP) is 1.98. The Balaban J connectivity index is 1.80. The van der Waals surface area contributed by atoms with Crippen LogP contribution in [0.15, 0.2) is 42.5 Å². The highest BCUT2D eigenvalue weighted by Crippen LogP contribution is 2.28. The maximum Gasteiger partial charge on any atom is 0.262 e. The molecule has 2 aromatic rings. The van der Waals surface area contributed by atoms with Gasteiger partial charge in [0.1, 0.15) is 11.5 Å². The second-order valence-electron chi connectivity index (χ2n) is 4.55. The summed E-state index contributed by atoms with van der Waals surface area (Å²) in [7, 11) is 0. The first kappa shape index (κ1) is 13.0. The Morgan fingerprint density at radius 1 is 1.19 bits per heavy atom. The molecule has 0 bridgehead atoms. The van der Waals surface area contributed by atoms with Crippen molar-refractivity contribution in [3.63, 3.8) is 0 Å². The summed E-state index contributed by atoms with van der Waals surface area (Å²) in [6.07, 6.45) is 0. The van der Waals surface area contributed by atoms with Crippen LogP contribution in [0.3, 0.4) is 0 Å². The highest BCUT2D eigenvalue weighted by atomic mass is 16.5. The molecule has 0 spiro atoms. The lowest BCUT2D eigenvalue weighted by molar-refractivity contribution is -0.118. The molecule has 3 rings (SSSR count). The van der Waals surface area contributed by atoms with E-state index < -0.39 is 0 Å². The van der Waals surface area contributed by atoms with Crippen molar-refractivity contribution in [2.45, 2.75) is 0 Å². The largest absolute Gasteiger partial charge is 0.508 e. The van der Waals surface area contributed by atoms with E-state index in [2.05, 4.69) is 10.6 Å². The predicted molar refractivity (Wildman–Crippen MR) is 76.6 cm³/mol. The number of benzene rings is 2. The normalized spacial score (nSPS) is 12.9. The fraction of sp³-hybridized carbons (Fsp3) is 0.0667. The average molecular weight is 284 g/mol. The van der Waals surface area contributed by atoms with E-state index in [9.17, 15) is 14.7 Å². The smallest absolute Gasteiger partial charge is 0.262 e. The van der Waals surface area contributed by atoms with Crippen molar-refractivity contribution >= 4 is 23.2 Å². The van der Waals surface area contributed by atoms with Gasteiger partial charge >= 0.3 is 0 Å². The summed E-state index contributed by atoms with van der Waals surface area (Å²) >= 11 is 0. The number of anilines is 2. The van der Waals surface area contributed by atoms with Crippen molar-refractivity contribution in [1.29, 1.82) is 0 Å². The van der Waals surface area contributed by atoms with E-state index in [1.54, 1.807) is 30.3 Å². The molecular weight excluding hydrogens is 272 g/mol. The molecule has 0 aliphatic carbocycles. The molecule has 6 heteroatoms. The van der Waals surface area contributed by atoms with Gasteiger partial charge in [0.15, 0.2) is 6.61 Å². The van der Waals surface area contributed by atoms with E-state index in [0.29, 0.717) is 22.7 Å². The molecule has 1 aliphatic rings. The van der Waals surface area contributed by atoms with Gasteiger partial charge < -0.3 is 20.5 Å². The number of rotatable bonds is 2. The second-order valence-corrected chi connectivity index (χ2v) is 4.55. The van der Waals surface area contributed by atoms with Gasteiger partial charge in [-0.05, 0) is 42.5 Å². The maximum absolute atomic E-state index is 12.1. The summed E-state index contributed by atoms with van der Waals surface area (Å²) in [5.74, 6) is 0.0966.